The van der Waals surface area contributed by atoms with Crippen molar-refractivity contribution in [2.24, 2.45) is 7.05 Å². The number of amides is 1. The molecule has 0 saturated carbocycles. The molecule has 4 rings (SSSR count). The molecular formula is C24H20N2O3S. The second-order valence-corrected chi connectivity index (χ2v) is 7.75. The summed E-state index contributed by atoms with van der Waals surface area (Å²) in [5.74, 6) is 0.535. The van der Waals surface area contributed by atoms with Crippen molar-refractivity contribution in [3.63, 3.8) is 0 Å². The van der Waals surface area contributed by atoms with E-state index in [1.807, 2.05) is 78.9 Å². The molecule has 1 heterocycles. The first kappa shape index (κ1) is 19.7. The predicted octanol–water partition coefficient (Wildman–Crippen LogP) is 4.79. The van der Waals surface area contributed by atoms with E-state index in [1.165, 1.54) is 0 Å². The van der Waals surface area contributed by atoms with Crippen LogP contribution in [0.5, 0.6) is 5.75 Å². The Bertz CT molecular complexity index is 1290. The van der Waals surface area contributed by atoms with Crippen molar-refractivity contribution < 1.29 is 9.53 Å². The van der Waals surface area contributed by atoms with Crippen LogP contribution in [-0.2, 0) is 11.8 Å². The number of hydrogen-bond donors (Lipinski definition) is 1. The number of nitrogens with one attached hydrogen (secondary N) is 1. The molecular weight excluding hydrogens is 396 g/mol. The van der Waals surface area contributed by atoms with E-state index >= 15 is 0 Å². The second-order valence-electron chi connectivity index (χ2n) is 6.76. The smallest absolute Gasteiger partial charge is 0.307 e. The molecule has 0 bridgehead atoms. The molecule has 6 heteroatoms. The SMILES string of the molecule is COc1ccc(/C=C(/C(=O)Nc2ccc3c(c2)sc(=O)n3C)c2ccccc2)cc1. The van der Waals surface area contributed by atoms with Gasteiger partial charge in [-0.25, -0.2) is 0 Å². The fraction of sp³-hybridized carbons (Fsp3) is 0.0833. The molecule has 0 unspecified atom stereocenters. The van der Waals surface area contributed by atoms with Crippen LogP contribution in [0.1, 0.15) is 11.1 Å². The van der Waals surface area contributed by atoms with Crippen molar-refractivity contribution in [2.75, 3.05) is 12.4 Å². The second kappa shape index (κ2) is 8.39. The van der Waals surface area contributed by atoms with Crippen molar-refractivity contribution in [3.8, 4) is 5.75 Å². The molecule has 0 fully saturated rings. The number of ether oxygens (including phenoxy) is 1. The molecule has 5 nitrogen and oxygen atoms in total. The largest absolute Gasteiger partial charge is 0.497 e. The maximum atomic E-state index is 13.2. The van der Waals surface area contributed by atoms with Gasteiger partial charge < -0.3 is 14.6 Å². The molecule has 30 heavy (non-hydrogen) atoms. The van der Waals surface area contributed by atoms with Crippen LogP contribution >= 0.6 is 11.3 Å². The van der Waals surface area contributed by atoms with Gasteiger partial charge in [0.2, 0.25) is 0 Å². The summed E-state index contributed by atoms with van der Waals surface area (Å²) in [5, 5.41) is 2.97. The summed E-state index contributed by atoms with van der Waals surface area (Å²) < 4.78 is 7.64. The van der Waals surface area contributed by atoms with Gasteiger partial charge in [-0.05, 0) is 47.5 Å². The topological polar surface area (TPSA) is 60.3 Å². The molecule has 0 aliphatic heterocycles. The van der Waals surface area contributed by atoms with E-state index < -0.39 is 0 Å². The van der Waals surface area contributed by atoms with Crippen molar-refractivity contribution in [2.45, 2.75) is 0 Å². The predicted molar refractivity (Wildman–Crippen MR) is 123 cm³/mol. The van der Waals surface area contributed by atoms with Gasteiger partial charge in [0.1, 0.15) is 5.75 Å². The van der Waals surface area contributed by atoms with Gasteiger partial charge in [-0.2, -0.15) is 0 Å². The van der Waals surface area contributed by atoms with Crippen molar-refractivity contribution in [3.05, 3.63) is 93.6 Å². The highest BCUT2D eigenvalue weighted by atomic mass is 32.1. The van der Waals surface area contributed by atoms with E-state index in [1.54, 1.807) is 18.7 Å². The lowest BCUT2D eigenvalue weighted by atomic mass is 10.0. The normalized spacial score (nSPS) is 11.5. The molecule has 1 N–H and O–H groups in total. The number of benzene rings is 3. The molecule has 1 amide bonds. The number of aryl methyl sites for hydroxylation is 1. The molecule has 0 aliphatic carbocycles. The summed E-state index contributed by atoms with van der Waals surface area (Å²) in [6.07, 6.45) is 1.85. The number of thiazole rings is 1. The number of anilines is 1. The van der Waals surface area contributed by atoms with E-state index in [0.29, 0.717) is 11.3 Å². The summed E-state index contributed by atoms with van der Waals surface area (Å²) in [7, 11) is 3.36. The Morgan fingerprint density at radius 3 is 2.47 bits per heavy atom. The quantitative estimate of drug-likeness (QED) is 0.376. The van der Waals surface area contributed by atoms with E-state index in [4.69, 9.17) is 4.74 Å². The lowest BCUT2D eigenvalue weighted by molar-refractivity contribution is -0.111. The van der Waals surface area contributed by atoms with Gasteiger partial charge in [0.25, 0.3) is 5.91 Å². The molecule has 0 atom stereocenters. The Morgan fingerprint density at radius 1 is 1.03 bits per heavy atom. The summed E-state index contributed by atoms with van der Waals surface area (Å²) in [4.78, 5) is 25.0. The van der Waals surface area contributed by atoms with E-state index in [-0.39, 0.29) is 10.8 Å². The Balaban J connectivity index is 1.68. The molecule has 0 radical (unpaired) electrons. The number of nitrogens with zero attached hydrogens (tertiary/aromatic N) is 1. The van der Waals surface area contributed by atoms with Crippen molar-refractivity contribution in [1.29, 1.82) is 0 Å². The Kier molecular flexibility index (Phi) is 5.50. The molecule has 1 aromatic heterocycles. The first-order valence-electron chi connectivity index (χ1n) is 9.37. The van der Waals surface area contributed by atoms with Gasteiger partial charge in [0.05, 0.1) is 17.3 Å². The number of methoxy groups -OCH3 is 1. The zero-order chi connectivity index (χ0) is 21.1. The summed E-state index contributed by atoms with van der Waals surface area (Å²) >= 11 is 1.16. The van der Waals surface area contributed by atoms with Crippen LogP contribution in [0.2, 0.25) is 0 Å². The van der Waals surface area contributed by atoms with Crippen molar-refractivity contribution in [1.82, 2.24) is 4.57 Å². The number of aromatic nitrogens is 1. The van der Waals surface area contributed by atoms with E-state index in [2.05, 4.69) is 5.32 Å². The standard InChI is InChI=1S/C24H20N2O3S/c1-26-21-13-10-18(15-22(21)30-24(26)28)25-23(27)20(17-6-4-3-5-7-17)14-16-8-11-19(29-2)12-9-16/h3-15H,1-2H3,(H,25,27)/b20-14+. The Labute approximate surface area is 177 Å². The monoisotopic (exact) mass is 416 g/mol. The lowest BCUT2D eigenvalue weighted by Crippen LogP contribution is -2.13. The van der Waals surface area contributed by atoms with E-state index in [0.717, 1.165) is 38.4 Å². The van der Waals surface area contributed by atoms with Gasteiger partial charge in [-0.1, -0.05) is 53.8 Å². The highest BCUT2D eigenvalue weighted by Gasteiger charge is 2.14. The van der Waals surface area contributed by atoms with Crippen LogP contribution in [0, 0.1) is 0 Å². The number of hydrogen-bond acceptors (Lipinski definition) is 4. The first-order valence-corrected chi connectivity index (χ1v) is 10.2. The highest BCUT2D eigenvalue weighted by molar-refractivity contribution is 7.16. The fourth-order valence-electron chi connectivity index (χ4n) is 3.17. The van der Waals surface area contributed by atoms with Gasteiger partial charge in [-0.3, -0.25) is 9.59 Å². The third-order valence-electron chi connectivity index (χ3n) is 4.81. The Hall–Kier alpha value is -3.64. The number of carbonyl (C=O) groups excluding carboxylic acids is 1. The summed E-state index contributed by atoms with van der Waals surface area (Å²) in [6, 6.07) is 22.5. The lowest BCUT2D eigenvalue weighted by Gasteiger charge is -2.10. The maximum absolute atomic E-state index is 13.2. The van der Waals surface area contributed by atoms with E-state index in [9.17, 15) is 9.59 Å². The third kappa shape index (κ3) is 4.04. The molecule has 3 aromatic carbocycles. The van der Waals surface area contributed by atoms with Crippen LogP contribution in [0.4, 0.5) is 5.69 Å². The fourth-order valence-corrected chi connectivity index (χ4v) is 4.09. The molecule has 150 valence electrons. The van der Waals surface area contributed by atoms with Gasteiger partial charge in [0, 0.05) is 18.3 Å². The van der Waals surface area contributed by atoms with Crippen LogP contribution in [0.3, 0.4) is 0 Å². The van der Waals surface area contributed by atoms with Gasteiger partial charge >= 0.3 is 4.87 Å². The molecule has 0 aliphatic rings. The average Bonchev–Trinajstić information content (AvgIpc) is 3.06. The zero-order valence-electron chi connectivity index (χ0n) is 16.6. The highest BCUT2D eigenvalue weighted by Crippen LogP contribution is 2.25. The van der Waals surface area contributed by atoms with Crippen molar-refractivity contribution >= 4 is 44.8 Å². The minimum atomic E-state index is -0.223. The third-order valence-corrected chi connectivity index (χ3v) is 5.80. The zero-order valence-corrected chi connectivity index (χ0v) is 17.4. The minimum Gasteiger partial charge on any atom is -0.497 e. The summed E-state index contributed by atoms with van der Waals surface area (Å²) in [6.45, 7) is 0. The average molecular weight is 417 g/mol. The number of carbonyl (C=O) groups is 1. The van der Waals surface area contributed by atoms with Crippen LogP contribution < -0.4 is 14.9 Å². The van der Waals surface area contributed by atoms with Gasteiger partial charge in [-0.15, -0.1) is 0 Å². The van der Waals surface area contributed by atoms with Crippen LogP contribution in [-0.4, -0.2) is 17.6 Å². The van der Waals surface area contributed by atoms with Crippen LogP contribution in [0.25, 0.3) is 21.9 Å². The molecule has 0 spiro atoms. The summed E-state index contributed by atoms with van der Waals surface area (Å²) in [5.41, 5.74) is 3.74. The first-order chi connectivity index (χ1) is 14.5. The number of fused-ring (bicyclic) bond motifs is 1. The van der Waals surface area contributed by atoms with Crippen LogP contribution in [0.15, 0.2) is 77.6 Å². The molecule has 0 saturated heterocycles. The molecule has 4 aromatic rings. The minimum absolute atomic E-state index is 0.0298. The number of rotatable bonds is 5. The van der Waals surface area contributed by atoms with Gasteiger partial charge in [0.15, 0.2) is 0 Å². The Morgan fingerprint density at radius 2 is 1.77 bits per heavy atom. The maximum Gasteiger partial charge on any atom is 0.307 e.